The van der Waals surface area contributed by atoms with Gasteiger partial charge in [-0.25, -0.2) is 14.4 Å². The van der Waals surface area contributed by atoms with E-state index in [1.54, 1.807) is 0 Å². The van der Waals surface area contributed by atoms with Crippen LogP contribution in [0, 0.1) is 0 Å². The lowest BCUT2D eigenvalue weighted by atomic mass is 9.98. The highest BCUT2D eigenvalue weighted by atomic mass is 16.6. The van der Waals surface area contributed by atoms with Gasteiger partial charge in [0.2, 0.25) is 0 Å². The van der Waals surface area contributed by atoms with Crippen molar-refractivity contribution in [3.05, 3.63) is 12.7 Å². The summed E-state index contributed by atoms with van der Waals surface area (Å²) in [7, 11) is 0. The molecule has 0 bridgehead atoms. The number of esters is 2. The molecule has 0 spiro atoms. The minimum atomic E-state index is -2.93. The molecule has 0 aromatic carbocycles. The number of carbonyl (C=O) groups is 4. The first-order valence-electron chi connectivity index (χ1n) is 8.61. The molecule has 0 heterocycles. The van der Waals surface area contributed by atoms with Gasteiger partial charge in [0.15, 0.2) is 0 Å². The Morgan fingerprint density at radius 1 is 0.793 bits per heavy atom. The van der Waals surface area contributed by atoms with Gasteiger partial charge in [0, 0.05) is 18.9 Å². The number of carboxylic acid groups (broad SMARTS) is 2. The normalized spacial score (nSPS) is 12.6. The van der Waals surface area contributed by atoms with Crippen molar-refractivity contribution in [3.63, 3.8) is 0 Å². The zero-order valence-corrected chi connectivity index (χ0v) is 15.9. The molecule has 0 radical (unpaired) electrons. The van der Waals surface area contributed by atoms with Crippen LogP contribution in [0.5, 0.6) is 0 Å². The zero-order valence-electron chi connectivity index (χ0n) is 15.9. The van der Waals surface area contributed by atoms with E-state index in [2.05, 4.69) is 11.3 Å². The lowest BCUT2D eigenvalue weighted by Gasteiger charge is -2.20. The van der Waals surface area contributed by atoms with Gasteiger partial charge in [0.05, 0.1) is 39.6 Å². The van der Waals surface area contributed by atoms with Crippen molar-refractivity contribution >= 4 is 23.9 Å². The second-order valence-corrected chi connectivity index (χ2v) is 5.40. The Morgan fingerprint density at radius 2 is 1.24 bits per heavy atom. The maximum atomic E-state index is 11.7. The molecule has 166 valence electrons. The molecule has 0 aromatic rings. The van der Waals surface area contributed by atoms with Crippen molar-refractivity contribution in [1.82, 2.24) is 0 Å². The molecule has 0 aliphatic rings. The van der Waals surface area contributed by atoms with Gasteiger partial charge >= 0.3 is 23.9 Å². The largest absolute Gasteiger partial charge is 0.481 e. The van der Waals surface area contributed by atoms with Gasteiger partial charge in [-0.05, 0) is 0 Å². The summed E-state index contributed by atoms with van der Waals surface area (Å²) >= 11 is 0. The molecule has 12 heteroatoms. The highest BCUT2D eigenvalue weighted by Gasteiger charge is 2.46. The predicted molar refractivity (Wildman–Crippen MR) is 94.0 cm³/mol. The molecule has 0 saturated heterocycles. The Hall–Kier alpha value is -2.54. The molecule has 12 nitrogen and oxygen atoms in total. The van der Waals surface area contributed by atoms with E-state index >= 15 is 0 Å². The number of carbonyl (C=O) groups excluding carboxylic acids is 2. The van der Waals surface area contributed by atoms with Crippen LogP contribution in [-0.4, -0.2) is 97.7 Å². The first-order valence-corrected chi connectivity index (χ1v) is 8.61. The van der Waals surface area contributed by atoms with Crippen LogP contribution in [0.2, 0.25) is 0 Å². The van der Waals surface area contributed by atoms with Crippen LogP contribution in [0.25, 0.3) is 0 Å². The quantitative estimate of drug-likeness (QED) is 0.106. The van der Waals surface area contributed by atoms with Crippen LogP contribution in [0.15, 0.2) is 12.7 Å². The summed E-state index contributed by atoms with van der Waals surface area (Å²) in [6, 6.07) is 0. The monoisotopic (exact) mass is 422 g/mol. The van der Waals surface area contributed by atoms with Crippen LogP contribution in [0.1, 0.15) is 12.8 Å². The Balaban J connectivity index is 3.69. The number of ether oxygens (including phenoxy) is 5. The van der Waals surface area contributed by atoms with Crippen molar-refractivity contribution in [3.8, 4) is 0 Å². The third-order valence-corrected chi connectivity index (χ3v) is 3.24. The lowest BCUT2D eigenvalue weighted by Crippen LogP contribution is -2.48. The summed E-state index contributed by atoms with van der Waals surface area (Å²) in [5.41, 5.74) is -2.93. The molecule has 0 aliphatic heterocycles. The Labute approximate surface area is 166 Å². The second-order valence-electron chi connectivity index (χ2n) is 5.40. The van der Waals surface area contributed by atoms with E-state index in [9.17, 15) is 24.3 Å². The molecule has 0 aromatic heterocycles. The summed E-state index contributed by atoms with van der Waals surface area (Å²) in [6.07, 6.45) is -0.477. The number of rotatable bonds is 18. The third-order valence-electron chi connectivity index (χ3n) is 3.24. The Kier molecular flexibility index (Phi) is 14.0. The smallest absolute Gasteiger partial charge is 0.350 e. The molecule has 1 unspecified atom stereocenters. The first kappa shape index (κ1) is 26.5. The van der Waals surface area contributed by atoms with Crippen LogP contribution in [0.3, 0.4) is 0 Å². The van der Waals surface area contributed by atoms with Crippen LogP contribution in [0.4, 0.5) is 0 Å². The standard InChI is InChI=1S/C17H26O12/c1-2-14(20)28-11-9-26-7-5-25-6-8-27-10-12-29-16(23)17(24,15(21)22)4-3-13(18)19/h2,24H,1,3-12H2,(H,18,19)(H,21,22). The highest BCUT2D eigenvalue weighted by molar-refractivity contribution is 6.02. The molecule has 0 aliphatic carbocycles. The molecule has 0 saturated carbocycles. The predicted octanol–water partition coefficient (Wildman–Crippen LogP) is -1.01. The Bertz CT molecular complexity index is 547. The number of hydrogen-bond acceptors (Lipinski definition) is 10. The van der Waals surface area contributed by atoms with Gasteiger partial charge in [-0.2, -0.15) is 0 Å². The van der Waals surface area contributed by atoms with Crippen LogP contribution < -0.4 is 0 Å². The van der Waals surface area contributed by atoms with Gasteiger partial charge in [0.1, 0.15) is 13.2 Å². The summed E-state index contributed by atoms with van der Waals surface area (Å²) in [6.45, 7) is 4.13. The molecular weight excluding hydrogens is 396 g/mol. The zero-order chi connectivity index (χ0) is 22.1. The van der Waals surface area contributed by atoms with Crippen molar-refractivity contribution in [2.45, 2.75) is 18.4 Å². The summed E-state index contributed by atoms with van der Waals surface area (Å²) in [5, 5.41) is 27.2. The number of aliphatic carboxylic acids is 2. The molecule has 0 amide bonds. The van der Waals surface area contributed by atoms with E-state index in [-0.39, 0.29) is 52.9 Å². The molecule has 3 N–H and O–H groups in total. The van der Waals surface area contributed by atoms with Gasteiger partial charge < -0.3 is 39.0 Å². The van der Waals surface area contributed by atoms with E-state index < -0.39 is 42.3 Å². The van der Waals surface area contributed by atoms with Crippen molar-refractivity contribution < 1.29 is 58.2 Å². The highest BCUT2D eigenvalue weighted by Crippen LogP contribution is 2.16. The topological polar surface area (TPSA) is 175 Å². The summed E-state index contributed by atoms with van der Waals surface area (Å²) in [5.74, 6) is -5.23. The van der Waals surface area contributed by atoms with Gasteiger partial charge in [-0.3, -0.25) is 4.79 Å². The molecule has 29 heavy (non-hydrogen) atoms. The van der Waals surface area contributed by atoms with Crippen LogP contribution >= 0.6 is 0 Å². The first-order chi connectivity index (χ1) is 13.7. The average Bonchev–Trinajstić information content (AvgIpc) is 2.68. The summed E-state index contributed by atoms with van der Waals surface area (Å²) in [4.78, 5) is 43.9. The van der Waals surface area contributed by atoms with E-state index in [1.165, 1.54) is 0 Å². The SMILES string of the molecule is C=CC(=O)OCCOCCOCCOCCOC(=O)C(O)(CCC(=O)O)C(=O)O. The molecule has 1 atom stereocenters. The fraction of sp³-hybridized carbons (Fsp3) is 0.647. The fourth-order valence-electron chi connectivity index (χ4n) is 1.70. The lowest BCUT2D eigenvalue weighted by molar-refractivity contribution is -0.182. The molecule has 0 fully saturated rings. The minimum absolute atomic E-state index is 0.0745. The Morgan fingerprint density at radius 3 is 1.66 bits per heavy atom. The van der Waals surface area contributed by atoms with E-state index in [4.69, 9.17) is 29.2 Å². The third kappa shape index (κ3) is 12.5. The van der Waals surface area contributed by atoms with Gasteiger partial charge in [0.25, 0.3) is 5.60 Å². The van der Waals surface area contributed by atoms with Crippen molar-refractivity contribution in [2.24, 2.45) is 0 Å². The van der Waals surface area contributed by atoms with E-state index in [0.29, 0.717) is 0 Å². The summed E-state index contributed by atoms with van der Waals surface area (Å²) < 4.78 is 24.8. The average molecular weight is 422 g/mol. The minimum Gasteiger partial charge on any atom is -0.481 e. The number of hydrogen-bond donors (Lipinski definition) is 3. The molecule has 0 rings (SSSR count). The van der Waals surface area contributed by atoms with Crippen molar-refractivity contribution in [1.29, 1.82) is 0 Å². The second kappa shape index (κ2) is 15.4. The number of carboxylic acids is 2. The van der Waals surface area contributed by atoms with Gasteiger partial charge in [-0.15, -0.1) is 0 Å². The van der Waals surface area contributed by atoms with Crippen LogP contribution in [-0.2, 0) is 42.9 Å². The van der Waals surface area contributed by atoms with Crippen molar-refractivity contribution in [2.75, 3.05) is 52.9 Å². The maximum absolute atomic E-state index is 11.7. The van der Waals surface area contributed by atoms with Gasteiger partial charge in [-0.1, -0.05) is 6.58 Å². The maximum Gasteiger partial charge on any atom is 0.350 e. The van der Waals surface area contributed by atoms with E-state index in [1.807, 2.05) is 0 Å². The number of aliphatic hydroxyl groups is 1. The molecular formula is C17H26O12. The van der Waals surface area contributed by atoms with E-state index in [0.717, 1.165) is 6.08 Å². The fourth-order valence-corrected chi connectivity index (χ4v) is 1.70.